The highest BCUT2D eigenvalue weighted by Gasteiger charge is 2.32. The van der Waals surface area contributed by atoms with Crippen molar-refractivity contribution in [2.24, 2.45) is 5.92 Å². The van der Waals surface area contributed by atoms with Gasteiger partial charge in [-0.1, -0.05) is 44.4 Å². The smallest absolute Gasteiger partial charge is 0.416 e. The largest absolute Gasteiger partial charge is 0.494 e. The first-order valence-corrected chi connectivity index (χ1v) is 10.3. The van der Waals surface area contributed by atoms with Crippen LogP contribution in [0.2, 0.25) is 0 Å². The Bertz CT molecular complexity index is 855. The summed E-state index contributed by atoms with van der Waals surface area (Å²) in [6.45, 7) is 2.61. The highest BCUT2D eigenvalue weighted by atomic mass is 19.4. The van der Waals surface area contributed by atoms with E-state index < -0.39 is 17.7 Å². The van der Waals surface area contributed by atoms with Crippen LogP contribution in [0.4, 0.5) is 13.2 Å². The zero-order chi connectivity index (χ0) is 21.7. The van der Waals surface area contributed by atoms with Gasteiger partial charge >= 0.3 is 12.1 Å². The molecule has 30 heavy (non-hydrogen) atoms. The Morgan fingerprint density at radius 2 is 1.80 bits per heavy atom. The van der Waals surface area contributed by atoms with Crippen LogP contribution >= 0.6 is 0 Å². The lowest BCUT2D eigenvalue weighted by Gasteiger charge is -2.18. The van der Waals surface area contributed by atoms with Crippen LogP contribution in [0.1, 0.15) is 56.1 Å². The van der Waals surface area contributed by atoms with Crippen molar-refractivity contribution in [3.63, 3.8) is 0 Å². The minimum atomic E-state index is -4.38. The molecule has 0 aromatic heterocycles. The van der Waals surface area contributed by atoms with Gasteiger partial charge in [0.2, 0.25) is 0 Å². The summed E-state index contributed by atoms with van der Waals surface area (Å²) in [7, 11) is 1.38. The molecule has 1 aliphatic carbocycles. The Morgan fingerprint density at radius 1 is 1.10 bits per heavy atom. The normalized spacial score (nSPS) is 15.0. The van der Waals surface area contributed by atoms with Crippen molar-refractivity contribution in [2.45, 2.75) is 51.1 Å². The minimum absolute atomic E-state index is 0.300. The Balaban J connectivity index is 1.97. The molecule has 1 atom stereocenters. The van der Waals surface area contributed by atoms with E-state index in [1.165, 1.54) is 19.2 Å². The third-order valence-corrected chi connectivity index (χ3v) is 5.40. The lowest BCUT2D eigenvalue weighted by atomic mass is 9.90. The number of halogens is 3. The molecule has 0 amide bonds. The number of hydrogen-bond donors (Lipinski definition) is 0. The van der Waals surface area contributed by atoms with Gasteiger partial charge in [-0.05, 0) is 59.7 Å². The summed E-state index contributed by atoms with van der Waals surface area (Å²) < 4.78 is 49.6. The molecule has 1 saturated carbocycles. The second-order valence-corrected chi connectivity index (χ2v) is 7.82. The van der Waals surface area contributed by atoms with E-state index in [4.69, 9.17) is 9.47 Å². The molecule has 0 N–H and O–H groups in total. The number of esters is 1. The van der Waals surface area contributed by atoms with Gasteiger partial charge in [0.05, 0.1) is 25.2 Å². The summed E-state index contributed by atoms with van der Waals surface area (Å²) in [6.07, 6.45) is 0.407. The van der Waals surface area contributed by atoms with E-state index in [2.05, 4.69) is 6.92 Å². The fourth-order valence-electron chi connectivity index (χ4n) is 3.46. The fourth-order valence-corrected chi connectivity index (χ4v) is 3.46. The summed E-state index contributed by atoms with van der Waals surface area (Å²) in [5, 5.41) is 0. The van der Waals surface area contributed by atoms with E-state index in [9.17, 15) is 18.0 Å². The van der Waals surface area contributed by atoms with Crippen molar-refractivity contribution in [1.29, 1.82) is 0 Å². The maximum Gasteiger partial charge on any atom is 0.416 e. The molecule has 0 bridgehead atoms. The SMILES string of the molecule is CCCCOc1cc(-c2ccc(C(F)(F)F)cc2)cc(C(CC2CC2)C(=O)OC)c1. The van der Waals surface area contributed by atoms with E-state index in [1.54, 1.807) is 0 Å². The minimum Gasteiger partial charge on any atom is -0.494 e. The zero-order valence-electron chi connectivity index (χ0n) is 17.3. The van der Waals surface area contributed by atoms with Crippen LogP contribution in [-0.2, 0) is 15.7 Å². The monoisotopic (exact) mass is 420 g/mol. The third-order valence-electron chi connectivity index (χ3n) is 5.40. The zero-order valence-corrected chi connectivity index (χ0v) is 17.3. The first-order chi connectivity index (χ1) is 14.3. The molecule has 1 aliphatic rings. The molecule has 0 spiro atoms. The van der Waals surface area contributed by atoms with Gasteiger partial charge in [0.15, 0.2) is 0 Å². The molecule has 0 aliphatic heterocycles. The van der Waals surface area contributed by atoms with Gasteiger partial charge in [0, 0.05) is 0 Å². The van der Waals surface area contributed by atoms with Gasteiger partial charge in [-0.25, -0.2) is 0 Å². The average molecular weight is 420 g/mol. The molecule has 1 fully saturated rings. The Hall–Kier alpha value is -2.50. The number of benzene rings is 2. The van der Waals surface area contributed by atoms with Crippen LogP contribution in [0.25, 0.3) is 11.1 Å². The number of rotatable bonds is 9. The fraction of sp³-hybridized carbons (Fsp3) is 0.458. The summed E-state index contributed by atoms with van der Waals surface area (Å²) >= 11 is 0. The number of alkyl halides is 3. The molecule has 1 unspecified atom stereocenters. The number of carbonyl (C=O) groups is 1. The van der Waals surface area contributed by atoms with Gasteiger partial charge in [-0.15, -0.1) is 0 Å². The topological polar surface area (TPSA) is 35.5 Å². The van der Waals surface area contributed by atoms with Crippen molar-refractivity contribution < 1.29 is 27.4 Å². The van der Waals surface area contributed by atoms with Crippen LogP contribution in [0, 0.1) is 5.92 Å². The molecule has 0 radical (unpaired) electrons. The lowest BCUT2D eigenvalue weighted by Crippen LogP contribution is -2.15. The van der Waals surface area contributed by atoms with E-state index in [-0.39, 0.29) is 5.97 Å². The van der Waals surface area contributed by atoms with Crippen LogP contribution in [0.3, 0.4) is 0 Å². The summed E-state index contributed by atoms with van der Waals surface area (Å²) in [5.74, 6) is 0.408. The number of methoxy groups -OCH3 is 1. The predicted octanol–water partition coefficient (Wildman–Crippen LogP) is 6.61. The van der Waals surface area contributed by atoms with E-state index in [0.717, 1.165) is 48.9 Å². The standard InChI is InChI=1S/C24H27F3O3/c1-3-4-11-30-21-14-18(17-7-9-20(10-8-17)24(25,26)27)13-19(15-21)22(23(28)29-2)12-16-5-6-16/h7-10,13-16,22H,3-6,11-12H2,1-2H3. The van der Waals surface area contributed by atoms with Crippen LogP contribution in [-0.4, -0.2) is 19.7 Å². The second-order valence-electron chi connectivity index (χ2n) is 7.82. The van der Waals surface area contributed by atoms with Crippen LogP contribution < -0.4 is 4.74 Å². The highest BCUT2D eigenvalue weighted by molar-refractivity contribution is 5.79. The van der Waals surface area contributed by atoms with Crippen molar-refractivity contribution in [3.05, 3.63) is 53.6 Å². The van der Waals surface area contributed by atoms with E-state index in [1.807, 2.05) is 18.2 Å². The maximum absolute atomic E-state index is 12.9. The Kier molecular flexibility index (Phi) is 7.06. The van der Waals surface area contributed by atoms with Gasteiger partial charge < -0.3 is 9.47 Å². The Labute approximate surface area is 175 Å². The lowest BCUT2D eigenvalue weighted by molar-refractivity contribution is -0.142. The van der Waals surface area contributed by atoms with Gasteiger partial charge in [0.25, 0.3) is 0 Å². The maximum atomic E-state index is 12.9. The van der Waals surface area contributed by atoms with Gasteiger partial charge in [0.1, 0.15) is 5.75 Å². The number of carbonyl (C=O) groups excluding carboxylic acids is 1. The first-order valence-electron chi connectivity index (χ1n) is 10.3. The average Bonchev–Trinajstić information content (AvgIpc) is 3.55. The van der Waals surface area contributed by atoms with Gasteiger partial charge in [-0.3, -0.25) is 4.79 Å². The number of unbranched alkanes of at least 4 members (excludes halogenated alkanes) is 1. The number of ether oxygens (including phenoxy) is 2. The van der Waals surface area contributed by atoms with Crippen molar-refractivity contribution in [1.82, 2.24) is 0 Å². The molecule has 3 rings (SSSR count). The summed E-state index contributed by atoms with van der Waals surface area (Å²) in [5.41, 5.74) is 1.44. The van der Waals surface area contributed by atoms with Crippen molar-refractivity contribution in [2.75, 3.05) is 13.7 Å². The first kappa shape index (κ1) is 22.2. The molecule has 0 saturated heterocycles. The highest BCUT2D eigenvalue weighted by Crippen LogP contribution is 2.41. The summed E-state index contributed by atoms with van der Waals surface area (Å²) in [4.78, 5) is 12.5. The predicted molar refractivity (Wildman–Crippen MR) is 109 cm³/mol. The van der Waals surface area contributed by atoms with Gasteiger partial charge in [-0.2, -0.15) is 13.2 Å². The van der Waals surface area contributed by atoms with E-state index in [0.29, 0.717) is 30.3 Å². The molecular formula is C24H27F3O3. The molecular weight excluding hydrogens is 393 g/mol. The number of hydrogen-bond acceptors (Lipinski definition) is 3. The van der Waals surface area contributed by atoms with Crippen molar-refractivity contribution >= 4 is 5.97 Å². The molecule has 0 heterocycles. The molecule has 2 aromatic carbocycles. The third kappa shape index (κ3) is 5.77. The molecule has 162 valence electrons. The Morgan fingerprint density at radius 3 is 2.37 bits per heavy atom. The van der Waals surface area contributed by atoms with Crippen LogP contribution in [0.15, 0.2) is 42.5 Å². The van der Waals surface area contributed by atoms with Crippen molar-refractivity contribution in [3.8, 4) is 16.9 Å². The molecule has 3 nitrogen and oxygen atoms in total. The second kappa shape index (κ2) is 9.54. The quantitative estimate of drug-likeness (QED) is 0.338. The molecule has 2 aromatic rings. The van der Waals surface area contributed by atoms with E-state index >= 15 is 0 Å². The van der Waals surface area contributed by atoms with Crippen LogP contribution in [0.5, 0.6) is 5.75 Å². The molecule has 6 heteroatoms. The summed E-state index contributed by atoms with van der Waals surface area (Å²) in [6, 6.07) is 10.6.